The van der Waals surface area contributed by atoms with Crippen LogP contribution in [0.15, 0.2) is 66.7 Å². The lowest BCUT2D eigenvalue weighted by Crippen LogP contribution is -2.24. The van der Waals surface area contributed by atoms with Gasteiger partial charge in [0.25, 0.3) is 5.69 Å². The van der Waals surface area contributed by atoms with Crippen LogP contribution in [0.3, 0.4) is 0 Å². The van der Waals surface area contributed by atoms with Gasteiger partial charge in [0, 0.05) is 42.9 Å². The minimum Gasteiger partial charge on any atom is -0.457 e. The van der Waals surface area contributed by atoms with Crippen molar-refractivity contribution in [3.8, 4) is 11.5 Å². The first-order valence-corrected chi connectivity index (χ1v) is 8.89. The molecule has 1 aliphatic rings. The van der Waals surface area contributed by atoms with Crippen molar-refractivity contribution >= 4 is 5.69 Å². The van der Waals surface area contributed by atoms with Gasteiger partial charge in [-0.15, -0.1) is 0 Å². The van der Waals surface area contributed by atoms with Crippen LogP contribution >= 0.6 is 0 Å². The van der Waals surface area contributed by atoms with Crippen molar-refractivity contribution in [3.05, 3.63) is 99.1 Å². The highest BCUT2D eigenvalue weighted by Gasteiger charge is 2.20. The molecule has 0 saturated heterocycles. The van der Waals surface area contributed by atoms with Crippen molar-refractivity contribution in [1.82, 2.24) is 4.90 Å². The third-order valence-corrected chi connectivity index (χ3v) is 4.76. The smallest absolute Gasteiger partial charge is 0.270 e. The van der Waals surface area contributed by atoms with E-state index in [0.717, 1.165) is 23.4 Å². The summed E-state index contributed by atoms with van der Waals surface area (Å²) >= 11 is 0. The minimum absolute atomic E-state index is 0.0847. The Labute approximate surface area is 158 Å². The molecular weight excluding hydrogens is 340 g/mol. The molecule has 1 aliphatic heterocycles. The first kappa shape index (κ1) is 17.2. The molecule has 136 valence electrons. The fourth-order valence-corrected chi connectivity index (χ4v) is 3.36. The second kappa shape index (κ2) is 7.21. The third kappa shape index (κ3) is 3.83. The SMILES string of the molecule is Cc1ccc(CN2Cc3ccccc3Oc3ccc([N+](=O)[O-])cc3C2)cc1. The minimum atomic E-state index is -0.364. The quantitative estimate of drug-likeness (QED) is 0.475. The molecule has 5 nitrogen and oxygen atoms in total. The Morgan fingerprint density at radius 2 is 1.67 bits per heavy atom. The van der Waals surface area contributed by atoms with Gasteiger partial charge in [0.05, 0.1) is 4.92 Å². The van der Waals surface area contributed by atoms with Crippen LogP contribution in [-0.2, 0) is 19.6 Å². The summed E-state index contributed by atoms with van der Waals surface area (Å²) in [5.74, 6) is 1.46. The number of non-ortho nitro benzene ring substituents is 1. The average Bonchev–Trinajstić information content (AvgIpc) is 2.64. The number of hydrogen-bond donors (Lipinski definition) is 0. The van der Waals surface area contributed by atoms with Gasteiger partial charge in [0.1, 0.15) is 11.5 Å². The van der Waals surface area contributed by atoms with Crippen LogP contribution < -0.4 is 4.74 Å². The molecule has 0 atom stereocenters. The summed E-state index contributed by atoms with van der Waals surface area (Å²) in [5.41, 5.74) is 4.46. The van der Waals surface area contributed by atoms with Gasteiger partial charge in [0.15, 0.2) is 0 Å². The van der Waals surface area contributed by atoms with Crippen LogP contribution in [0.5, 0.6) is 11.5 Å². The van der Waals surface area contributed by atoms with Gasteiger partial charge in [-0.3, -0.25) is 15.0 Å². The van der Waals surface area contributed by atoms with Crippen molar-refractivity contribution < 1.29 is 9.66 Å². The number of aryl methyl sites for hydroxylation is 1. The molecule has 0 fully saturated rings. The maximum atomic E-state index is 11.2. The van der Waals surface area contributed by atoms with Crippen LogP contribution in [0.25, 0.3) is 0 Å². The van der Waals surface area contributed by atoms with Crippen molar-refractivity contribution in [2.45, 2.75) is 26.6 Å². The van der Waals surface area contributed by atoms with E-state index in [1.165, 1.54) is 17.2 Å². The Morgan fingerprint density at radius 1 is 0.963 bits per heavy atom. The first-order chi connectivity index (χ1) is 13.1. The van der Waals surface area contributed by atoms with Crippen molar-refractivity contribution in [2.75, 3.05) is 0 Å². The molecule has 3 aromatic rings. The predicted molar refractivity (Wildman–Crippen MR) is 104 cm³/mol. The van der Waals surface area contributed by atoms with Gasteiger partial charge < -0.3 is 4.74 Å². The van der Waals surface area contributed by atoms with Crippen molar-refractivity contribution in [2.24, 2.45) is 0 Å². The number of ether oxygens (including phenoxy) is 1. The lowest BCUT2D eigenvalue weighted by atomic mass is 10.1. The predicted octanol–water partition coefficient (Wildman–Crippen LogP) is 5.21. The molecule has 27 heavy (non-hydrogen) atoms. The summed E-state index contributed by atoms with van der Waals surface area (Å²) in [4.78, 5) is 13.1. The standard InChI is InChI=1S/C22H20N2O3/c1-16-6-8-17(9-7-16)13-23-14-18-4-2-3-5-21(18)27-22-11-10-20(24(25)26)12-19(22)15-23/h2-12H,13-15H2,1H3. The molecule has 0 unspecified atom stereocenters. The van der Waals surface area contributed by atoms with E-state index in [9.17, 15) is 10.1 Å². The maximum Gasteiger partial charge on any atom is 0.270 e. The van der Waals surface area contributed by atoms with E-state index in [2.05, 4.69) is 42.2 Å². The van der Waals surface area contributed by atoms with Gasteiger partial charge in [-0.2, -0.15) is 0 Å². The van der Waals surface area contributed by atoms with Crippen LogP contribution in [0.2, 0.25) is 0 Å². The summed E-state index contributed by atoms with van der Waals surface area (Å²) in [7, 11) is 0. The van der Waals surface area contributed by atoms with Crippen molar-refractivity contribution in [1.29, 1.82) is 0 Å². The summed E-state index contributed by atoms with van der Waals surface area (Å²) in [6.07, 6.45) is 0. The first-order valence-electron chi connectivity index (χ1n) is 8.89. The van der Waals surface area contributed by atoms with Crippen LogP contribution in [0, 0.1) is 17.0 Å². The summed E-state index contributed by atoms with van der Waals surface area (Å²) in [6.45, 7) is 4.13. The fraction of sp³-hybridized carbons (Fsp3) is 0.182. The molecular formula is C22H20N2O3. The molecule has 3 aromatic carbocycles. The maximum absolute atomic E-state index is 11.2. The highest BCUT2D eigenvalue weighted by molar-refractivity contribution is 5.48. The second-order valence-electron chi connectivity index (χ2n) is 6.89. The van der Waals surface area contributed by atoms with Gasteiger partial charge in [-0.05, 0) is 24.6 Å². The number of fused-ring (bicyclic) bond motifs is 2. The molecule has 0 amide bonds. The zero-order chi connectivity index (χ0) is 18.8. The Morgan fingerprint density at radius 3 is 2.44 bits per heavy atom. The third-order valence-electron chi connectivity index (χ3n) is 4.76. The number of nitro benzene ring substituents is 1. The summed E-state index contributed by atoms with van der Waals surface area (Å²) in [6, 6.07) is 21.2. The lowest BCUT2D eigenvalue weighted by molar-refractivity contribution is -0.385. The van der Waals surface area contributed by atoms with Gasteiger partial charge >= 0.3 is 0 Å². The highest BCUT2D eigenvalue weighted by atomic mass is 16.6. The Hall–Kier alpha value is -3.18. The Balaban J connectivity index is 1.72. The van der Waals surface area contributed by atoms with E-state index >= 15 is 0 Å². The molecule has 1 heterocycles. The molecule has 0 aliphatic carbocycles. The zero-order valence-electron chi connectivity index (χ0n) is 15.1. The number of para-hydroxylation sites is 1. The molecule has 0 N–H and O–H groups in total. The van der Waals surface area contributed by atoms with E-state index in [4.69, 9.17) is 4.74 Å². The molecule has 0 saturated carbocycles. The van der Waals surface area contributed by atoms with E-state index in [-0.39, 0.29) is 10.6 Å². The number of nitro groups is 1. The lowest BCUT2D eigenvalue weighted by Gasteiger charge is -2.27. The number of rotatable bonds is 3. The molecule has 0 radical (unpaired) electrons. The molecule has 0 spiro atoms. The van der Waals surface area contributed by atoms with Gasteiger partial charge in [0.2, 0.25) is 0 Å². The average molecular weight is 360 g/mol. The fourth-order valence-electron chi connectivity index (χ4n) is 3.36. The van der Waals surface area contributed by atoms with Crippen LogP contribution in [0.1, 0.15) is 22.3 Å². The number of benzene rings is 3. The number of hydrogen-bond acceptors (Lipinski definition) is 4. The van der Waals surface area contributed by atoms with Crippen LogP contribution in [-0.4, -0.2) is 9.82 Å². The molecule has 0 aromatic heterocycles. The zero-order valence-corrected chi connectivity index (χ0v) is 15.1. The largest absolute Gasteiger partial charge is 0.457 e. The Bertz CT molecular complexity index is 983. The van der Waals surface area contributed by atoms with E-state index < -0.39 is 0 Å². The monoisotopic (exact) mass is 360 g/mol. The number of nitrogens with zero attached hydrogens (tertiary/aromatic N) is 2. The van der Waals surface area contributed by atoms with E-state index in [0.29, 0.717) is 18.8 Å². The Kier molecular flexibility index (Phi) is 4.60. The normalized spacial score (nSPS) is 13.7. The summed E-state index contributed by atoms with van der Waals surface area (Å²) in [5, 5.41) is 11.2. The van der Waals surface area contributed by atoms with Crippen LogP contribution in [0.4, 0.5) is 5.69 Å². The topological polar surface area (TPSA) is 55.6 Å². The molecule has 5 heteroatoms. The van der Waals surface area contributed by atoms with E-state index in [1.54, 1.807) is 12.1 Å². The molecule has 4 rings (SSSR count). The second-order valence-corrected chi connectivity index (χ2v) is 6.89. The summed E-state index contributed by atoms with van der Waals surface area (Å²) < 4.78 is 6.08. The van der Waals surface area contributed by atoms with E-state index in [1.807, 2.05) is 18.2 Å². The van der Waals surface area contributed by atoms with Crippen molar-refractivity contribution in [3.63, 3.8) is 0 Å². The molecule has 0 bridgehead atoms. The highest BCUT2D eigenvalue weighted by Crippen LogP contribution is 2.35. The van der Waals surface area contributed by atoms with Gasteiger partial charge in [-0.1, -0.05) is 48.0 Å². The van der Waals surface area contributed by atoms with Gasteiger partial charge in [-0.25, -0.2) is 0 Å².